The molecule has 0 saturated carbocycles. The molecule has 0 aliphatic carbocycles. The highest BCUT2D eigenvalue weighted by Gasteiger charge is 2.31. The van der Waals surface area contributed by atoms with E-state index in [0.717, 1.165) is 4.47 Å². The monoisotopic (exact) mass is 342 g/mol. The lowest BCUT2D eigenvalue weighted by atomic mass is 10.1. The molecule has 16 heavy (non-hydrogen) atoms. The zero-order valence-corrected chi connectivity index (χ0v) is 11.7. The third kappa shape index (κ3) is 4.06. The fourth-order valence-electron chi connectivity index (χ4n) is 0.984. The van der Waals surface area contributed by atoms with E-state index in [9.17, 15) is 9.59 Å². The SMILES string of the molecule is O=C(CC(=O)C(Cl)(Cl)Cl)c1ccc(Br)cc1. The molecule has 0 aliphatic heterocycles. The van der Waals surface area contributed by atoms with Crippen molar-refractivity contribution < 1.29 is 9.59 Å². The fourth-order valence-corrected chi connectivity index (χ4v) is 1.45. The zero-order valence-electron chi connectivity index (χ0n) is 7.84. The summed E-state index contributed by atoms with van der Waals surface area (Å²) in [7, 11) is 0. The lowest BCUT2D eigenvalue weighted by Gasteiger charge is -2.08. The van der Waals surface area contributed by atoms with Crippen molar-refractivity contribution >= 4 is 62.3 Å². The first-order chi connectivity index (χ1) is 7.30. The smallest absolute Gasteiger partial charge is 0.249 e. The van der Waals surface area contributed by atoms with Gasteiger partial charge in [0.2, 0.25) is 3.79 Å². The van der Waals surface area contributed by atoms with Crippen molar-refractivity contribution in [2.45, 2.75) is 10.2 Å². The zero-order chi connectivity index (χ0) is 12.3. The van der Waals surface area contributed by atoms with Gasteiger partial charge >= 0.3 is 0 Å². The molecule has 6 heteroatoms. The summed E-state index contributed by atoms with van der Waals surface area (Å²) < 4.78 is -1.19. The second-order valence-corrected chi connectivity index (χ2v) is 6.22. The summed E-state index contributed by atoms with van der Waals surface area (Å²) in [5.74, 6) is -1.10. The molecule has 1 aromatic carbocycles. The standard InChI is InChI=1S/C10H6BrCl3O2/c11-7-3-1-6(2-4-7)8(15)5-9(16)10(12,13)14/h1-4H,5H2. The first kappa shape index (κ1) is 14.0. The number of rotatable bonds is 3. The molecule has 86 valence electrons. The van der Waals surface area contributed by atoms with Crippen molar-refractivity contribution in [2.75, 3.05) is 0 Å². The molecule has 0 fully saturated rings. The Hall–Kier alpha value is -0.0900. The Morgan fingerprint density at radius 1 is 1.12 bits per heavy atom. The Balaban J connectivity index is 2.74. The Morgan fingerprint density at radius 2 is 1.62 bits per heavy atom. The van der Waals surface area contributed by atoms with Gasteiger partial charge in [-0.3, -0.25) is 9.59 Å². The van der Waals surface area contributed by atoms with E-state index < -0.39 is 16.0 Å². The largest absolute Gasteiger partial charge is 0.294 e. The Labute approximate surface area is 116 Å². The predicted octanol–water partition coefficient (Wildman–Crippen LogP) is 3.96. The van der Waals surface area contributed by atoms with E-state index in [4.69, 9.17) is 34.8 Å². The third-order valence-corrected chi connectivity index (χ3v) is 2.96. The van der Waals surface area contributed by atoms with Crippen LogP contribution < -0.4 is 0 Å². The maximum absolute atomic E-state index is 11.6. The van der Waals surface area contributed by atoms with Crippen LogP contribution in [0.15, 0.2) is 28.7 Å². The van der Waals surface area contributed by atoms with Crippen LogP contribution >= 0.6 is 50.7 Å². The van der Waals surface area contributed by atoms with Gasteiger partial charge in [-0.25, -0.2) is 0 Å². The van der Waals surface area contributed by atoms with Gasteiger partial charge < -0.3 is 0 Å². The molecule has 0 spiro atoms. The Morgan fingerprint density at radius 3 is 2.06 bits per heavy atom. The molecule has 0 N–H and O–H groups in total. The summed E-state index contributed by atoms with van der Waals surface area (Å²) in [6.07, 6.45) is -0.419. The van der Waals surface area contributed by atoms with E-state index in [1.54, 1.807) is 24.3 Å². The highest BCUT2D eigenvalue weighted by atomic mass is 79.9. The van der Waals surface area contributed by atoms with Crippen molar-refractivity contribution in [3.8, 4) is 0 Å². The molecule has 0 bridgehead atoms. The van der Waals surface area contributed by atoms with Gasteiger partial charge in [-0.1, -0.05) is 62.9 Å². The lowest BCUT2D eigenvalue weighted by molar-refractivity contribution is -0.117. The van der Waals surface area contributed by atoms with Crippen molar-refractivity contribution in [3.05, 3.63) is 34.3 Å². The van der Waals surface area contributed by atoms with E-state index >= 15 is 0 Å². The minimum Gasteiger partial charge on any atom is -0.294 e. The Kier molecular flexibility index (Phi) is 4.80. The molecule has 0 heterocycles. The highest BCUT2D eigenvalue weighted by molar-refractivity contribution is 9.10. The number of hydrogen-bond donors (Lipinski definition) is 0. The molecule has 0 amide bonds. The molecule has 0 aromatic heterocycles. The summed E-state index contributed by atoms with van der Waals surface area (Å²) in [5.41, 5.74) is 0.408. The lowest BCUT2D eigenvalue weighted by Crippen LogP contribution is -2.22. The van der Waals surface area contributed by atoms with Crippen LogP contribution in [0, 0.1) is 0 Å². The molecule has 2 nitrogen and oxygen atoms in total. The fraction of sp³-hybridized carbons (Fsp3) is 0.200. The number of carbonyl (C=O) groups is 2. The minimum atomic E-state index is -2.04. The molecule has 1 rings (SSSR count). The molecular formula is C10H6BrCl3O2. The molecule has 1 aromatic rings. The van der Waals surface area contributed by atoms with Crippen LogP contribution in [0.4, 0.5) is 0 Å². The molecular weight excluding hydrogens is 338 g/mol. The van der Waals surface area contributed by atoms with Crippen LogP contribution in [0.3, 0.4) is 0 Å². The highest BCUT2D eigenvalue weighted by Crippen LogP contribution is 2.28. The maximum atomic E-state index is 11.6. The summed E-state index contributed by atoms with van der Waals surface area (Å²) in [5, 5.41) is 0. The first-order valence-corrected chi connectivity index (χ1v) is 6.12. The van der Waals surface area contributed by atoms with E-state index in [0.29, 0.717) is 5.56 Å². The van der Waals surface area contributed by atoms with Crippen molar-refractivity contribution in [1.82, 2.24) is 0 Å². The number of benzene rings is 1. The van der Waals surface area contributed by atoms with Crippen LogP contribution in [0.5, 0.6) is 0 Å². The quantitative estimate of drug-likeness (QED) is 0.472. The number of Topliss-reactive ketones (excluding diaryl/α,β-unsaturated/α-hetero) is 2. The molecule has 0 unspecified atom stereocenters. The van der Waals surface area contributed by atoms with Gasteiger partial charge in [0.05, 0.1) is 6.42 Å². The van der Waals surface area contributed by atoms with Crippen LogP contribution in [-0.4, -0.2) is 15.4 Å². The van der Waals surface area contributed by atoms with E-state index in [1.165, 1.54) is 0 Å². The summed E-state index contributed by atoms with van der Waals surface area (Å²) in [4.78, 5) is 22.9. The summed E-state index contributed by atoms with van der Waals surface area (Å²) >= 11 is 19.3. The normalized spacial score (nSPS) is 11.2. The second kappa shape index (κ2) is 5.50. The average Bonchev–Trinajstić information content (AvgIpc) is 2.17. The second-order valence-electron chi connectivity index (χ2n) is 3.03. The van der Waals surface area contributed by atoms with Gasteiger partial charge in [0.25, 0.3) is 0 Å². The number of alkyl halides is 3. The summed E-state index contributed by atoms with van der Waals surface area (Å²) in [6, 6.07) is 6.59. The number of halogens is 4. The average molecular weight is 344 g/mol. The number of carbonyl (C=O) groups excluding carboxylic acids is 2. The van der Waals surface area contributed by atoms with Crippen LogP contribution in [0.25, 0.3) is 0 Å². The van der Waals surface area contributed by atoms with Gasteiger partial charge in [0.1, 0.15) is 0 Å². The first-order valence-electron chi connectivity index (χ1n) is 4.19. The van der Waals surface area contributed by atoms with E-state index in [1.807, 2.05) is 0 Å². The topological polar surface area (TPSA) is 34.1 Å². The molecule has 0 aliphatic rings. The predicted molar refractivity (Wildman–Crippen MR) is 68.4 cm³/mol. The van der Waals surface area contributed by atoms with Gasteiger partial charge in [0.15, 0.2) is 11.6 Å². The van der Waals surface area contributed by atoms with Crippen molar-refractivity contribution in [1.29, 1.82) is 0 Å². The van der Waals surface area contributed by atoms with Crippen LogP contribution in [0.2, 0.25) is 0 Å². The van der Waals surface area contributed by atoms with Gasteiger partial charge in [-0.15, -0.1) is 0 Å². The third-order valence-electron chi connectivity index (χ3n) is 1.80. The number of hydrogen-bond acceptors (Lipinski definition) is 2. The van der Waals surface area contributed by atoms with Gasteiger partial charge in [-0.2, -0.15) is 0 Å². The molecule has 0 saturated heterocycles. The number of ketones is 2. The molecule has 0 atom stereocenters. The maximum Gasteiger partial charge on any atom is 0.249 e. The van der Waals surface area contributed by atoms with E-state index in [-0.39, 0.29) is 5.78 Å². The van der Waals surface area contributed by atoms with E-state index in [2.05, 4.69) is 15.9 Å². The van der Waals surface area contributed by atoms with Gasteiger partial charge in [0, 0.05) is 10.0 Å². The van der Waals surface area contributed by atoms with Gasteiger partial charge in [-0.05, 0) is 12.1 Å². The van der Waals surface area contributed by atoms with Crippen LogP contribution in [0.1, 0.15) is 16.8 Å². The van der Waals surface area contributed by atoms with Crippen LogP contribution in [-0.2, 0) is 4.79 Å². The Bertz CT molecular complexity index is 409. The minimum absolute atomic E-state index is 0.371. The van der Waals surface area contributed by atoms with Crippen molar-refractivity contribution in [2.24, 2.45) is 0 Å². The summed E-state index contributed by atoms with van der Waals surface area (Å²) in [6.45, 7) is 0. The van der Waals surface area contributed by atoms with Crippen molar-refractivity contribution in [3.63, 3.8) is 0 Å². The molecule has 0 radical (unpaired) electrons.